The molecule has 1 aliphatic heterocycles. The Morgan fingerprint density at radius 2 is 2.05 bits per heavy atom. The first-order valence-electron chi connectivity index (χ1n) is 6.31. The maximum absolute atomic E-state index is 12.8. The van der Waals surface area contributed by atoms with E-state index in [1.165, 1.54) is 0 Å². The van der Waals surface area contributed by atoms with Crippen molar-refractivity contribution >= 4 is 5.69 Å². The molecule has 1 fully saturated rings. The van der Waals surface area contributed by atoms with Crippen LogP contribution < -0.4 is 15.4 Å². The molecular weight excluding hydrogens is 257 g/mol. The molecule has 0 radical (unpaired) electrons. The number of hydrogen-bond donors (Lipinski definition) is 2. The van der Waals surface area contributed by atoms with Crippen molar-refractivity contribution in [2.45, 2.75) is 30.7 Å². The van der Waals surface area contributed by atoms with Crippen LogP contribution in [0.15, 0.2) is 24.3 Å². The molecule has 2 N–H and O–H groups in total. The predicted octanol–water partition coefficient (Wildman–Crippen LogP) is 2.54. The fourth-order valence-corrected chi connectivity index (χ4v) is 2.27. The third-order valence-corrected chi connectivity index (χ3v) is 3.66. The number of anilines is 1. The zero-order valence-electron chi connectivity index (χ0n) is 10.3. The number of ether oxygens (including phenoxy) is 1. The lowest BCUT2D eigenvalue weighted by Gasteiger charge is -2.29. The monoisotopic (exact) mass is 272 g/mol. The summed E-state index contributed by atoms with van der Waals surface area (Å²) in [7, 11) is 0. The Balaban J connectivity index is 1.59. The molecule has 1 saturated carbocycles. The molecule has 1 aromatic carbocycles. The van der Waals surface area contributed by atoms with Crippen LogP contribution in [0.25, 0.3) is 0 Å². The number of benzene rings is 1. The second kappa shape index (κ2) is 4.30. The Bertz CT molecular complexity index is 471. The number of rotatable bonds is 3. The summed E-state index contributed by atoms with van der Waals surface area (Å²) < 4.78 is 44.0. The van der Waals surface area contributed by atoms with Gasteiger partial charge in [0.15, 0.2) is 0 Å². The summed E-state index contributed by atoms with van der Waals surface area (Å²) in [6, 6.07) is 7.42. The Labute approximate surface area is 109 Å². The van der Waals surface area contributed by atoms with E-state index in [1.807, 2.05) is 24.3 Å². The molecule has 104 valence electrons. The first-order valence-corrected chi connectivity index (χ1v) is 6.31. The van der Waals surface area contributed by atoms with Gasteiger partial charge in [-0.1, -0.05) is 12.1 Å². The second-order valence-corrected chi connectivity index (χ2v) is 5.08. The molecule has 0 spiro atoms. The summed E-state index contributed by atoms with van der Waals surface area (Å²) in [5.74, 6) is 0.692. The van der Waals surface area contributed by atoms with E-state index in [4.69, 9.17) is 4.74 Å². The number of halogens is 3. The summed E-state index contributed by atoms with van der Waals surface area (Å²) in [4.78, 5) is 0. The lowest BCUT2D eigenvalue weighted by molar-refractivity contribution is -0.166. The molecule has 1 aliphatic carbocycles. The number of hydrogen-bond acceptors (Lipinski definition) is 3. The van der Waals surface area contributed by atoms with E-state index in [2.05, 4.69) is 10.6 Å². The normalized spacial score (nSPS) is 24.1. The van der Waals surface area contributed by atoms with Crippen LogP contribution in [0.5, 0.6) is 5.75 Å². The Morgan fingerprint density at radius 1 is 1.32 bits per heavy atom. The lowest BCUT2D eigenvalue weighted by Crippen LogP contribution is -2.50. The van der Waals surface area contributed by atoms with Gasteiger partial charge >= 0.3 is 6.18 Å². The van der Waals surface area contributed by atoms with E-state index in [0.29, 0.717) is 12.3 Å². The molecule has 2 aliphatic rings. The SMILES string of the molecule is FC(F)(F)C1(NCC2CNc3ccccc3O2)CC1. The van der Waals surface area contributed by atoms with E-state index in [9.17, 15) is 13.2 Å². The zero-order valence-corrected chi connectivity index (χ0v) is 10.3. The quantitative estimate of drug-likeness (QED) is 0.887. The lowest BCUT2D eigenvalue weighted by atomic mass is 10.2. The molecule has 0 aromatic heterocycles. The molecule has 1 aromatic rings. The van der Waals surface area contributed by atoms with Gasteiger partial charge < -0.3 is 10.1 Å². The van der Waals surface area contributed by atoms with Crippen molar-refractivity contribution in [3.8, 4) is 5.75 Å². The third-order valence-electron chi connectivity index (χ3n) is 3.66. The molecule has 6 heteroatoms. The topological polar surface area (TPSA) is 33.3 Å². The first kappa shape index (κ1) is 12.6. The van der Waals surface area contributed by atoms with Gasteiger partial charge in [0, 0.05) is 6.54 Å². The van der Waals surface area contributed by atoms with E-state index in [-0.39, 0.29) is 25.5 Å². The standard InChI is InChI=1S/C13H15F3N2O/c14-13(15,16)12(5-6-12)18-8-9-7-17-10-3-1-2-4-11(10)19-9/h1-4,9,17-18H,5-8H2. The van der Waals surface area contributed by atoms with Gasteiger partial charge in [-0.3, -0.25) is 5.32 Å². The van der Waals surface area contributed by atoms with Crippen molar-refractivity contribution in [3.05, 3.63) is 24.3 Å². The van der Waals surface area contributed by atoms with E-state index >= 15 is 0 Å². The van der Waals surface area contributed by atoms with Gasteiger partial charge in [-0.25, -0.2) is 0 Å². The molecule has 0 saturated heterocycles. The molecule has 3 rings (SSSR count). The van der Waals surface area contributed by atoms with Crippen LogP contribution in [0.3, 0.4) is 0 Å². The Hall–Kier alpha value is -1.43. The minimum absolute atomic E-state index is 0.160. The highest BCUT2D eigenvalue weighted by Crippen LogP contribution is 2.48. The van der Waals surface area contributed by atoms with Crippen LogP contribution in [0.1, 0.15) is 12.8 Å². The molecule has 1 unspecified atom stereocenters. The summed E-state index contributed by atoms with van der Waals surface area (Å²) in [5.41, 5.74) is -0.788. The van der Waals surface area contributed by atoms with Gasteiger partial charge in [-0.2, -0.15) is 13.2 Å². The van der Waals surface area contributed by atoms with Crippen molar-refractivity contribution in [3.63, 3.8) is 0 Å². The van der Waals surface area contributed by atoms with Crippen molar-refractivity contribution in [2.24, 2.45) is 0 Å². The average molecular weight is 272 g/mol. The zero-order chi connectivity index (χ0) is 13.5. The van der Waals surface area contributed by atoms with E-state index < -0.39 is 11.7 Å². The van der Waals surface area contributed by atoms with Gasteiger partial charge in [-0.15, -0.1) is 0 Å². The van der Waals surface area contributed by atoms with Gasteiger partial charge in [0.1, 0.15) is 17.4 Å². The number of fused-ring (bicyclic) bond motifs is 1. The smallest absolute Gasteiger partial charge is 0.406 e. The Kier molecular flexibility index (Phi) is 2.85. The highest BCUT2D eigenvalue weighted by atomic mass is 19.4. The molecule has 1 heterocycles. The number of alkyl halides is 3. The second-order valence-electron chi connectivity index (χ2n) is 5.08. The van der Waals surface area contributed by atoms with Crippen LogP contribution in [-0.2, 0) is 0 Å². The molecule has 0 amide bonds. The first-order chi connectivity index (χ1) is 9.00. The highest BCUT2D eigenvalue weighted by molar-refractivity contribution is 5.57. The van der Waals surface area contributed by atoms with Gasteiger partial charge in [0.2, 0.25) is 0 Å². The van der Waals surface area contributed by atoms with Crippen LogP contribution in [0, 0.1) is 0 Å². The molecule has 0 bridgehead atoms. The fraction of sp³-hybridized carbons (Fsp3) is 0.538. The number of nitrogens with one attached hydrogen (secondary N) is 2. The predicted molar refractivity (Wildman–Crippen MR) is 65.4 cm³/mol. The largest absolute Gasteiger partial charge is 0.485 e. The van der Waals surface area contributed by atoms with Crippen molar-refractivity contribution in [1.29, 1.82) is 0 Å². The molecule has 3 nitrogen and oxygen atoms in total. The molecular formula is C13H15F3N2O. The molecule has 19 heavy (non-hydrogen) atoms. The fourth-order valence-electron chi connectivity index (χ4n) is 2.27. The van der Waals surface area contributed by atoms with Crippen LogP contribution in [-0.4, -0.2) is 30.9 Å². The highest BCUT2D eigenvalue weighted by Gasteiger charge is 2.63. The van der Waals surface area contributed by atoms with E-state index in [1.54, 1.807) is 0 Å². The Morgan fingerprint density at radius 3 is 2.74 bits per heavy atom. The maximum atomic E-state index is 12.8. The average Bonchev–Trinajstić information content (AvgIpc) is 3.17. The minimum atomic E-state index is -4.17. The van der Waals surface area contributed by atoms with E-state index in [0.717, 1.165) is 5.69 Å². The van der Waals surface area contributed by atoms with Gasteiger partial charge in [0.05, 0.1) is 12.2 Å². The van der Waals surface area contributed by atoms with Crippen molar-refractivity contribution in [1.82, 2.24) is 5.32 Å². The summed E-state index contributed by atoms with van der Waals surface area (Å²) in [6.45, 7) is 0.707. The maximum Gasteiger partial charge on any atom is 0.406 e. The van der Waals surface area contributed by atoms with Crippen molar-refractivity contribution < 1.29 is 17.9 Å². The van der Waals surface area contributed by atoms with Gasteiger partial charge in [-0.05, 0) is 25.0 Å². The summed E-state index contributed by atoms with van der Waals surface area (Å²) >= 11 is 0. The van der Waals surface area contributed by atoms with Crippen LogP contribution >= 0.6 is 0 Å². The minimum Gasteiger partial charge on any atom is -0.485 e. The summed E-state index contributed by atoms with van der Waals surface area (Å²) in [5, 5.41) is 5.78. The molecule has 1 atom stereocenters. The van der Waals surface area contributed by atoms with Crippen LogP contribution in [0.4, 0.5) is 18.9 Å². The van der Waals surface area contributed by atoms with Crippen molar-refractivity contribution in [2.75, 3.05) is 18.4 Å². The van der Waals surface area contributed by atoms with Crippen LogP contribution in [0.2, 0.25) is 0 Å². The summed E-state index contributed by atoms with van der Waals surface area (Å²) in [6.07, 6.45) is -4.14. The number of para-hydroxylation sites is 2. The third kappa shape index (κ3) is 2.36. The van der Waals surface area contributed by atoms with Gasteiger partial charge in [0.25, 0.3) is 0 Å².